The van der Waals surface area contributed by atoms with Gasteiger partial charge in [-0.15, -0.1) is 0 Å². The topological polar surface area (TPSA) is 40.9 Å². The van der Waals surface area contributed by atoms with Crippen LogP contribution in [0.25, 0.3) is 76.5 Å². The van der Waals surface area contributed by atoms with Crippen LogP contribution < -0.4 is 9.47 Å². The van der Waals surface area contributed by atoms with E-state index in [0.29, 0.717) is 5.69 Å². The molecule has 3 heterocycles. The first-order chi connectivity index (χ1) is 22.0. The Morgan fingerprint density at radius 2 is 1.31 bits per heavy atom. The van der Waals surface area contributed by atoms with E-state index in [1.807, 2.05) is 74.5 Å². The number of nitrogens with zero attached hydrogens (tertiary/aromatic N) is 2. The molecule has 6 aromatic carbocycles. The number of benzene rings is 6. The van der Waals surface area contributed by atoms with Gasteiger partial charge in [0.2, 0.25) is 5.79 Å². The van der Waals surface area contributed by atoms with Gasteiger partial charge in [-0.2, -0.15) is 0 Å². The molecule has 0 saturated heterocycles. The fourth-order valence-corrected chi connectivity index (χ4v) is 6.73. The molecule has 0 aliphatic carbocycles. The van der Waals surface area contributed by atoms with E-state index in [-0.39, 0.29) is 0 Å². The molecule has 0 amide bonds. The number of rotatable bonds is 2. The minimum atomic E-state index is -0.889. The van der Waals surface area contributed by atoms with E-state index in [0.717, 1.165) is 83.2 Å². The Kier molecular flexibility index (Phi) is 5.24. The van der Waals surface area contributed by atoms with Crippen LogP contribution in [0.2, 0.25) is 0 Å². The van der Waals surface area contributed by atoms with E-state index < -0.39 is 5.79 Å². The number of ether oxygens (including phenoxy) is 2. The Morgan fingerprint density at radius 3 is 2.20 bits per heavy atom. The summed E-state index contributed by atoms with van der Waals surface area (Å²) in [7, 11) is 0. The van der Waals surface area contributed by atoms with Gasteiger partial charge in [-0.3, -0.25) is 0 Å². The van der Waals surface area contributed by atoms with Crippen LogP contribution in [0.4, 0.5) is 5.69 Å². The molecule has 8 aromatic rings. The van der Waals surface area contributed by atoms with Gasteiger partial charge >= 0.3 is 0 Å². The first kappa shape index (κ1) is 25.5. The van der Waals surface area contributed by atoms with Crippen LogP contribution >= 0.6 is 0 Å². The van der Waals surface area contributed by atoms with Crippen molar-refractivity contribution in [3.05, 3.63) is 133 Å². The monoisotopic (exact) mass is 582 g/mol. The van der Waals surface area contributed by atoms with Gasteiger partial charge in [0, 0.05) is 52.9 Å². The van der Waals surface area contributed by atoms with E-state index >= 15 is 0 Å². The molecular weight excluding hydrogens is 556 g/mol. The summed E-state index contributed by atoms with van der Waals surface area (Å²) in [6, 6.07) is 41.4. The lowest BCUT2D eigenvalue weighted by atomic mass is 9.96. The molecule has 0 saturated carbocycles. The first-order valence-corrected chi connectivity index (χ1v) is 14.9. The summed E-state index contributed by atoms with van der Waals surface area (Å²) in [5.41, 5.74) is 9.60. The molecule has 0 fully saturated rings. The predicted octanol–water partition coefficient (Wildman–Crippen LogP) is 11.1. The van der Waals surface area contributed by atoms with Gasteiger partial charge in [-0.25, -0.2) is 4.85 Å². The normalized spacial score (nSPS) is 13.6. The number of furan rings is 1. The van der Waals surface area contributed by atoms with Crippen molar-refractivity contribution < 1.29 is 13.9 Å². The summed E-state index contributed by atoms with van der Waals surface area (Å²) < 4.78 is 21.4. The quantitative estimate of drug-likeness (QED) is 0.190. The van der Waals surface area contributed by atoms with Crippen LogP contribution in [0.3, 0.4) is 0 Å². The molecule has 0 unspecified atom stereocenters. The fourth-order valence-electron chi connectivity index (χ4n) is 6.73. The SMILES string of the molecule is [C-]#[N+]c1ccc2c(c1)c1ccccc1n2-c1ccc2c(c1)OC(C)(C)Oc1ccc(-c3ccc4oc5ccccc5c4c3)cc1-2. The second kappa shape index (κ2) is 9.25. The summed E-state index contributed by atoms with van der Waals surface area (Å²) in [6.07, 6.45) is 0. The Balaban J connectivity index is 1.22. The maximum absolute atomic E-state index is 7.54. The van der Waals surface area contributed by atoms with E-state index in [1.54, 1.807) is 0 Å². The molecule has 9 rings (SSSR count). The zero-order valence-corrected chi connectivity index (χ0v) is 24.7. The van der Waals surface area contributed by atoms with Crippen LogP contribution in [-0.4, -0.2) is 10.4 Å². The predicted molar refractivity (Wildman–Crippen MR) is 181 cm³/mol. The zero-order valence-electron chi connectivity index (χ0n) is 24.7. The van der Waals surface area contributed by atoms with Crippen LogP contribution in [0.1, 0.15) is 13.8 Å². The maximum atomic E-state index is 7.54. The van der Waals surface area contributed by atoms with E-state index in [4.69, 9.17) is 20.5 Å². The van der Waals surface area contributed by atoms with Gasteiger partial charge in [0.15, 0.2) is 5.69 Å². The second-order valence-corrected chi connectivity index (χ2v) is 12.0. The van der Waals surface area contributed by atoms with Crippen molar-refractivity contribution in [2.24, 2.45) is 0 Å². The lowest BCUT2D eigenvalue weighted by molar-refractivity contribution is -0.0778. The third kappa shape index (κ3) is 3.93. The minimum absolute atomic E-state index is 0.627. The third-order valence-corrected chi connectivity index (χ3v) is 8.70. The largest absolute Gasteiger partial charge is 0.456 e. The molecule has 1 aliphatic rings. The van der Waals surface area contributed by atoms with Crippen molar-refractivity contribution in [2.45, 2.75) is 19.6 Å². The van der Waals surface area contributed by atoms with E-state index in [1.165, 1.54) is 0 Å². The number of hydrogen-bond acceptors (Lipinski definition) is 3. The van der Waals surface area contributed by atoms with E-state index in [2.05, 4.69) is 70.1 Å². The van der Waals surface area contributed by atoms with Crippen molar-refractivity contribution in [1.82, 2.24) is 4.57 Å². The van der Waals surface area contributed by atoms with Gasteiger partial charge in [-0.1, -0.05) is 54.6 Å². The summed E-state index contributed by atoms with van der Waals surface area (Å²) in [5.74, 6) is 0.627. The molecule has 214 valence electrons. The number of aromatic nitrogens is 1. The molecule has 1 aliphatic heterocycles. The average molecular weight is 583 g/mol. The van der Waals surface area contributed by atoms with Gasteiger partial charge < -0.3 is 18.5 Å². The Hall–Kier alpha value is -5.99. The highest BCUT2D eigenvalue weighted by atomic mass is 16.7. The zero-order chi connectivity index (χ0) is 30.3. The number of hydrogen-bond donors (Lipinski definition) is 0. The highest BCUT2D eigenvalue weighted by molar-refractivity contribution is 6.10. The molecule has 2 aromatic heterocycles. The Morgan fingerprint density at radius 1 is 0.578 bits per heavy atom. The molecule has 0 radical (unpaired) electrons. The summed E-state index contributed by atoms with van der Waals surface area (Å²) in [6.45, 7) is 11.4. The maximum Gasteiger partial charge on any atom is 0.245 e. The second-order valence-electron chi connectivity index (χ2n) is 12.0. The van der Waals surface area contributed by atoms with Gasteiger partial charge in [-0.05, 0) is 77.2 Å². The molecule has 0 bridgehead atoms. The molecule has 5 heteroatoms. The molecule has 0 N–H and O–H groups in total. The average Bonchev–Trinajstić information content (AvgIpc) is 3.56. The standard InChI is InChI=1S/C40H26N2O3/c1-40(2)44-38-19-13-25(24-12-18-37-32(20-24)29-9-5-7-11-36(29)43-37)21-33(38)30-16-15-27(23-39(30)45-40)42-34-10-6-4-8-28(34)31-22-26(41-3)14-17-35(31)42/h4-23H,1-2H3. The summed E-state index contributed by atoms with van der Waals surface area (Å²) in [4.78, 5) is 3.67. The lowest BCUT2D eigenvalue weighted by Gasteiger charge is -2.26. The Bertz CT molecular complexity index is 2540. The first-order valence-electron chi connectivity index (χ1n) is 14.9. The van der Waals surface area contributed by atoms with Crippen molar-refractivity contribution in [2.75, 3.05) is 0 Å². The number of para-hydroxylation sites is 2. The highest BCUT2D eigenvalue weighted by Crippen LogP contribution is 2.46. The molecule has 0 atom stereocenters. The fraction of sp³-hybridized carbons (Fsp3) is 0.0750. The molecule has 0 spiro atoms. The molecular formula is C40H26N2O3. The van der Waals surface area contributed by atoms with Crippen LogP contribution in [0.5, 0.6) is 11.5 Å². The summed E-state index contributed by atoms with van der Waals surface area (Å²) in [5, 5.41) is 4.36. The van der Waals surface area contributed by atoms with Crippen molar-refractivity contribution in [3.63, 3.8) is 0 Å². The number of fused-ring (bicyclic) bond motifs is 9. The smallest absolute Gasteiger partial charge is 0.245 e. The minimum Gasteiger partial charge on any atom is -0.456 e. The Labute approximate surface area is 259 Å². The lowest BCUT2D eigenvalue weighted by Crippen LogP contribution is -2.34. The van der Waals surface area contributed by atoms with Crippen LogP contribution in [0, 0.1) is 6.57 Å². The van der Waals surface area contributed by atoms with Crippen LogP contribution in [-0.2, 0) is 0 Å². The van der Waals surface area contributed by atoms with Gasteiger partial charge in [0.25, 0.3) is 0 Å². The van der Waals surface area contributed by atoms with Crippen LogP contribution in [0.15, 0.2) is 126 Å². The third-order valence-electron chi connectivity index (χ3n) is 8.70. The highest BCUT2D eigenvalue weighted by Gasteiger charge is 2.30. The van der Waals surface area contributed by atoms with Gasteiger partial charge in [0.1, 0.15) is 22.7 Å². The van der Waals surface area contributed by atoms with Crippen molar-refractivity contribution >= 4 is 49.4 Å². The van der Waals surface area contributed by atoms with E-state index in [9.17, 15) is 0 Å². The molecule has 5 nitrogen and oxygen atoms in total. The van der Waals surface area contributed by atoms with Gasteiger partial charge in [0.05, 0.1) is 17.6 Å². The summed E-state index contributed by atoms with van der Waals surface area (Å²) >= 11 is 0. The van der Waals surface area contributed by atoms with Crippen molar-refractivity contribution in [1.29, 1.82) is 0 Å². The van der Waals surface area contributed by atoms with Crippen molar-refractivity contribution in [3.8, 4) is 39.4 Å². The molecule has 45 heavy (non-hydrogen) atoms.